The van der Waals surface area contributed by atoms with Crippen LogP contribution >= 0.6 is 23.2 Å². The van der Waals surface area contributed by atoms with Crippen LogP contribution in [-0.4, -0.2) is 5.91 Å². The van der Waals surface area contributed by atoms with Crippen LogP contribution in [0.1, 0.15) is 5.56 Å². The van der Waals surface area contributed by atoms with Gasteiger partial charge in [0.1, 0.15) is 5.75 Å². The Morgan fingerprint density at radius 2 is 1.89 bits per heavy atom. The van der Waals surface area contributed by atoms with Crippen molar-refractivity contribution in [3.8, 4) is 11.5 Å². The molecule has 1 amide bonds. The summed E-state index contributed by atoms with van der Waals surface area (Å²) in [6.45, 7) is 0. The Balaban J connectivity index is 2.03. The summed E-state index contributed by atoms with van der Waals surface area (Å²) in [4.78, 5) is 11.4. The standard InChI is InChI=1S/C14H9Cl2NO2/c15-9-5-8-6-13(18)17-14(8)12(7-9)19-11-4-2-1-3-10(11)16/h1-5,7H,6H2,(H,17,18). The van der Waals surface area contributed by atoms with Crippen molar-refractivity contribution in [1.29, 1.82) is 0 Å². The monoisotopic (exact) mass is 293 g/mol. The molecule has 1 heterocycles. The molecule has 0 saturated carbocycles. The number of ether oxygens (including phenoxy) is 1. The zero-order valence-electron chi connectivity index (χ0n) is 9.74. The van der Waals surface area contributed by atoms with Gasteiger partial charge in [0.2, 0.25) is 5.91 Å². The third-order valence-electron chi connectivity index (χ3n) is 2.82. The molecule has 0 unspecified atom stereocenters. The van der Waals surface area contributed by atoms with Gasteiger partial charge in [-0.1, -0.05) is 35.3 Å². The molecule has 19 heavy (non-hydrogen) atoms. The van der Waals surface area contributed by atoms with Crippen LogP contribution in [0.4, 0.5) is 5.69 Å². The summed E-state index contributed by atoms with van der Waals surface area (Å²) in [6, 6.07) is 10.6. The first kappa shape index (κ1) is 12.3. The lowest BCUT2D eigenvalue weighted by molar-refractivity contribution is -0.115. The van der Waals surface area contributed by atoms with E-state index in [0.29, 0.717) is 33.7 Å². The maximum absolute atomic E-state index is 11.4. The van der Waals surface area contributed by atoms with Crippen molar-refractivity contribution in [1.82, 2.24) is 0 Å². The summed E-state index contributed by atoms with van der Waals surface area (Å²) in [5, 5.41) is 3.79. The van der Waals surface area contributed by atoms with E-state index in [9.17, 15) is 4.79 Å². The van der Waals surface area contributed by atoms with Gasteiger partial charge in [-0.05, 0) is 23.8 Å². The van der Waals surface area contributed by atoms with Gasteiger partial charge in [-0.25, -0.2) is 0 Å². The Bertz CT molecular complexity index is 670. The minimum atomic E-state index is -0.0683. The number of hydrogen-bond acceptors (Lipinski definition) is 2. The molecular formula is C14H9Cl2NO2. The van der Waals surface area contributed by atoms with E-state index in [0.717, 1.165) is 5.56 Å². The molecule has 2 aromatic carbocycles. The Kier molecular flexibility index (Phi) is 3.09. The van der Waals surface area contributed by atoms with Gasteiger partial charge in [-0.3, -0.25) is 4.79 Å². The van der Waals surface area contributed by atoms with E-state index in [-0.39, 0.29) is 5.91 Å². The van der Waals surface area contributed by atoms with Crippen molar-refractivity contribution in [2.75, 3.05) is 5.32 Å². The van der Waals surface area contributed by atoms with Crippen LogP contribution in [0.25, 0.3) is 0 Å². The predicted molar refractivity (Wildman–Crippen MR) is 75.3 cm³/mol. The highest BCUT2D eigenvalue weighted by Crippen LogP contribution is 2.40. The highest BCUT2D eigenvalue weighted by Gasteiger charge is 2.23. The number of fused-ring (bicyclic) bond motifs is 1. The molecule has 0 bridgehead atoms. The number of nitrogens with one attached hydrogen (secondary N) is 1. The minimum absolute atomic E-state index is 0.0683. The quantitative estimate of drug-likeness (QED) is 0.897. The number of anilines is 1. The lowest BCUT2D eigenvalue weighted by Crippen LogP contribution is -2.04. The average Bonchev–Trinajstić information content (AvgIpc) is 2.72. The van der Waals surface area contributed by atoms with Gasteiger partial charge < -0.3 is 10.1 Å². The fourth-order valence-corrected chi connectivity index (χ4v) is 2.41. The van der Waals surface area contributed by atoms with Gasteiger partial charge in [0.25, 0.3) is 0 Å². The molecular weight excluding hydrogens is 285 g/mol. The van der Waals surface area contributed by atoms with Crippen LogP contribution in [0, 0.1) is 0 Å². The largest absolute Gasteiger partial charge is 0.454 e. The molecule has 1 aliphatic rings. The smallest absolute Gasteiger partial charge is 0.228 e. The average molecular weight is 294 g/mol. The Labute approximate surface area is 120 Å². The molecule has 3 nitrogen and oxygen atoms in total. The van der Waals surface area contributed by atoms with Crippen LogP contribution in [-0.2, 0) is 11.2 Å². The molecule has 1 aliphatic heterocycles. The molecule has 5 heteroatoms. The summed E-state index contributed by atoms with van der Waals surface area (Å²) in [5.74, 6) is 0.956. The van der Waals surface area contributed by atoms with Crippen molar-refractivity contribution < 1.29 is 9.53 Å². The number of halogens is 2. The van der Waals surface area contributed by atoms with Crippen molar-refractivity contribution in [2.24, 2.45) is 0 Å². The Hall–Kier alpha value is -1.71. The number of carbonyl (C=O) groups is 1. The van der Waals surface area contributed by atoms with Crippen molar-refractivity contribution >= 4 is 34.8 Å². The van der Waals surface area contributed by atoms with Gasteiger partial charge in [0, 0.05) is 11.1 Å². The molecule has 1 N–H and O–H groups in total. The molecule has 2 aromatic rings. The normalized spacial score (nSPS) is 13.1. The first-order valence-corrected chi connectivity index (χ1v) is 6.44. The number of hydrogen-bond donors (Lipinski definition) is 1. The second-order valence-electron chi connectivity index (χ2n) is 4.20. The third kappa shape index (κ3) is 2.39. The third-order valence-corrected chi connectivity index (χ3v) is 3.35. The second-order valence-corrected chi connectivity index (χ2v) is 5.04. The van der Waals surface area contributed by atoms with E-state index < -0.39 is 0 Å². The highest BCUT2D eigenvalue weighted by molar-refractivity contribution is 6.32. The van der Waals surface area contributed by atoms with Crippen molar-refractivity contribution in [2.45, 2.75) is 6.42 Å². The summed E-state index contributed by atoms with van der Waals surface area (Å²) in [6.07, 6.45) is 0.314. The SMILES string of the molecule is O=C1Cc2cc(Cl)cc(Oc3ccccc3Cl)c2N1. The van der Waals surface area contributed by atoms with Crippen molar-refractivity contribution in [3.63, 3.8) is 0 Å². The van der Waals surface area contributed by atoms with Crippen LogP contribution in [0.3, 0.4) is 0 Å². The fraction of sp³-hybridized carbons (Fsp3) is 0.0714. The van der Waals surface area contributed by atoms with Crippen LogP contribution in [0.15, 0.2) is 36.4 Å². The number of para-hydroxylation sites is 1. The fourth-order valence-electron chi connectivity index (χ4n) is 2.00. The summed E-state index contributed by atoms with van der Waals surface area (Å²) in [5.41, 5.74) is 1.49. The molecule has 0 atom stereocenters. The number of amides is 1. The minimum Gasteiger partial charge on any atom is -0.454 e. The van der Waals surface area contributed by atoms with E-state index >= 15 is 0 Å². The topological polar surface area (TPSA) is 38.3 Å². The molecule has 0 fully saturated rings. The van der Waals surface area contributed by atoms with E-state index in [4.69, 9.17) is 27.9 Å². The number of benzene rings is 2. The predicted octanol–water partition coefficient (Wildman–Crippen LogP) is 4.28. The second kappa shape index (κ2) is 4.76. The van der Waals surface area contributed by atoms with E-state index in [2.05, 4.69) is 5.32 Å². The van der Waals surface area contributed by atoms with E-state index in [1.165, 1.54) is 0 Å². The number of rotatable bonds is 2. The molecule has 0 aliphatic carbocycles. The lowest BCUT2D eigenvalue weighted by atomic mass is 10.1. The zero-order chi connectivity index (χ0) is 13.4. The number of carbonyl (C=O) groups excluding carboxylic acids is 1. The van der Waals surface area contributed by atoms with Gasteiger partial charge in [0.15, 0.2) is 5.75 Å². The van der Waals surface area contributed by atoms with Crippen LogP contribution in [0.2, 0.25) is 10.0 Å². The molecule has 0 radical (unpaired) electrons. The maximum atomic E-state index is 11.4. The van der Waals surface area contributed by atoms with Crippen LogP contribution < -0.4 is 10.1 Å². The molecule has 0 saturated heterocycles. The first-order valence-electron chi connectivity index (χ1n) is 5.68. The van der Waals surface area contributed by atoms with Gasteiger partial charge in [-0.2, -0.15) is 0 Å². The lowest BCUT2D eigenvalue weighted by Gasteiger charge is -2.11. The van der Waals surface area contributed by atoms with E-state index in [1.54, 1.807) is 24.3 Å². The Morgan fingerprint density at radius 3 is 2.68 bits per heavy atom. The van der Waals surface area contributed by atoms with E-state index in [1.807, 2.05) is 12.1 Å². The summed E-state index contributed by atoms with van der Waals surface area (Å²) in [7, 11) is 0. The Morgan fingerprint density at radius 1 is 1.11 bits per heavy atom. The van der Waals surface area contributed by atoms with Crippen LogP contribution in [0.5, 0.6) is 11.5 Å². The van der Waals surface area contributed by atoms with Gasteiger partial charge in [-0.15, -0.1) is 0 Å². The zero-order valence-corrected chi connectivity index (χ0v) is 11.3. The first-order chi connectivity index (χ1) is 9.13. The van der Waals surface area contributed by atoms with Gasteiger partial charge >= 0.3 is 0 Å². The summed E-state index contributed by atoms with van der Waals surface area (Å²) < 4.78 is 5.75. The molecule has 96 valence electrons. The highest BCUT2D eigenvalue weighted by atomic mass is 35.5. The molecule has 3 rings (SSSR count). The maximum Gasteiger partial charge on any atom is 0.228 e. The molecule has 0 spiro atoms. The summed E-state index contributed by atoms with van der Waals surface area (Å²) >= 11 is 12.1. The molecule has 0 aromatic heterocycles. The van der Waals surface area contributed by atoms with Crippen molar-refractivity contribution in [3.05, 3.63) is 52.0 Å². The van der Waals surface area contributed by atoms with Gasteiger partial charge in [0.05, 0.1) is 17.1 Å².